The normalized spacial score (nSPS) is 37.8. The van der Waals surface area contributed by atoms with Crippen LogP contribution in [0.15, 0.2) is 45.6 Å². The Kier molecular flexibility index (Phi) is 11.5. The fourth-order valence-electron chi connectivity index (χ4n) is 6.23. The highest BCUT2D eigenvalue weighted by Crippen LogP contribution is 2.39. The maximum Gasteiger partial charge on any atom is 0.239 e. The molecule has 4 heterocycles. The fraction of sp³-hybridized carbons (Fsp3) is 0.545. The Morgan fingerprint density at radius 2 is 1.25 bits per heavy atom. The summed E-state index contributed by atoms with van der Waals surface area (Å²) in [7, 11) is 0. The minimum absolute atomic E-state index is 0.118. The summed E-state index contributed by atoms with van der Waals surface area (Å²) in [4.78, 5) is 14.2. The van der Waals surface area contributed by atoms with Crippen LogP contribution in [0.5, 0.6) is 23.0 Å². The Labute approximate surface area is 298 Å². The first-order valence-electron chi connectivity index (χ1n) is 16.4. The molecule has 3 fully saturated rings. The van der Waals surface area contributed by atoms with Gasteiger partial charge in [-0.15, -0.1) is 0 Å². The van der Waals surface area contributed by atoms with Crippen molar-refractivity contribution in [1.82, 2.24) is 0 Å². The zero-order valence-corrected chi connectivity index (χ0v) is 27.7. The molecule has 0 aliphatic carbocycles. The highest BCUT2D eigenvalue weighted by molar-refractivity contribution is 5.88. The zero-order chi connectivity index (χ0) is 38.5. The number of rotatable bonds is 9. The number of phenols is 2. The van der Waals surface area contributed by atoms with Gasteiger partial charge >= 0.3 is 0 Å². The highest BCUT2D eigenvalue weighted by atomic mass is 16.8. The molecule has 3 aliphatic heterocycles. The van der Waals surface area contributed by atoms with E-state index in [9.17, 15) is 66.1 Å². The molecule has 1 aromatic heterocycles. The van der Waals surface area contributed by atoms with E-state index >= 15 is 0 Å². The molecule has 15 unspecified atom stereocenters. The molecule has 20 heteroatoms. The number of hydrogen-bond donors (Lipinski definition) is 12. The minimum atomic E-state index is -1.94. The molecule has 292 valence electrons. The molecule has 0 spiro atoms. The third kappa shape index (κ3) is 7.39. The number of phenolic OH excluding ortho intramolecular Hbond substituents is 2. The Balaban J connectivity index is 1.40. The second kappa shape index (κ2) is 15.6. The van der Waals surface area contributed by atoms with Crippen LogP contribution in [0.1, 0.15) is 6.92 Å². The average molecular weight is 757 g/mol. The molecule has 0 bridgehead atoms. The molecular weight excluding hydrogens is 716 g/mol. The number of hydrogen-bond acceptors (Lipinski definition) is 20. The second-order valence-electron chi connectivity index (χ2n) is 12.9. The predicted octanol–water partition coefficient (Wildman–Crippen LogP) is -3.92. The van der Waals surface area contributed by atoms with Crippen LogP contribution in [0.4, 0.5) is 0 Å². The minimum Gasteiger partial charge on any atom is -0.508 e. The van der Waals surface area contributed by atoms with Gasteiger partial charge in [-0.25, -0.2) is 0 Å². The van der Waals surface area contributed by atoms with Gasteiger partial charge in [-0.2, -0.15) is 0 Å². The predicted molar refractivity (Wildman–Crippen MR) is 171 cm³/mol. The van der Waals surface area contributed by atoms with Crippen molar-refractivity contribution in [3.05, 3.63) is 46.6 Å². The van der Waals surface area contributed by atoms with Crippen molar-refractivity contribution in [2.75, 3.05) is 13.2 Å². The lowest BCUT2D eigenvalue weighted by molar-refractivity contribution is -0.355. The van der Waals surface area contributed by atoms with Crippen LogP contribution in [-0.2, 0) is 18.9 Å². The van der Waals surface area contributed by atoms with E-state index in [1.54, 1.807) is 0 Å². The molecule has 3 saturated heterocycles. The van der Waals surface area contributed by atoms with Gasteiger partial charge in [-0.3, -0.25) is 4.79 Å². The van der Waals surface area contributed by atoms with Crippen LogP contribution in [0.2, 0.25) is 0 Å². The van der Waals surface area contributed by atoms with E-state index in [4.69, 9.17) is 32.8 Å². The first kappa shape index (κ1) is 39.0. The zero-order valence-electron chi connectivity index (χ0n) is 27.7. The lowest BCUT2D eigenvalue weighted by Gasteiger charge is -2.45. The summed E-state index contributed by atoms with van der Waals surface area (Å²) in [6.07, 6.45) is -25.3. The molecule has 0 saturated carbocycles. The highest BCUT2D eigenvalue weighted by Gasteiger charge is 2.51. The summed E-state index contributed by atoms with van der Waals surface area (Å²) < 4.78 is 39.9. The molecule has 53 heavy (non-hydrogen) atoms. The molecule has 0 radical (unpaired) electrons. The van der Waals surface area contributed by atoms with Gasteiger partial charge in [0.1, 0.15) is 89.3 Å². The van der Waals surface area contributed by atoms with Gasteiger partial charge in [0.2, 0.25) is 23.8 Å². The molecular formula is C33H40O20. The van der Waals surface area contributed by atoms with Crippen molar-refractivity contribution in [3.8, 4) is 34.3 Å². The van der Waals surface area contributed by atoms with E-state index in [1.165, 1.54) is 31.2 Å². The number of fused-ring (bicyclic) bond motifs is 1. The smallest absolute Gasteiger partial charge is 0.239 e. The summed E-state index contributed by atoms with van der Waals surface area (Å²) in [5, 5.41) is 123. The molecule has 20 nitrogen and oxygen atoms in total. The summed E-state index contributed by atoms with van der Waals surface area (Å²) in [6.45, 7) is -0.183. The Morgan fingerprint density at radius 3 is 1.85 bits per heavy atom. The molecule has 2 aromatic carbocycles. The third-order valence-electron chi connectivity index (χ3n) is 9.29. The molecule has 6 rings (SSSR count). The first-order chi connectivity index (χ1) is 25.1. The van der Waals surface area contributed by atoms with Crippen molar-refractivity contribution in [2.24, 2.45) is 0 Å². The quantitative estimate of drug-likeness (QED) is 0.0992. The molecule has 0 amide bonds. The second-order valence-corrected chi connectivity index (χ2v) is 12.9. The first-order valence-corrected chi connectivity index (χ1v) is 16.4. The van der Waals surface area contributed by atoms with Gasteiger partial charge in [0.05, 0.1) is 19.3 Å². The van der Waals surface area contributed by atoms with Crippen LogP contribution in [0, 0.1) is 0 Å². The standard InChI is InChI=1S/C33H40O20/c1-10-19(38)25(44)30(53-32-27(46)24(43)21(40)17(9-35)51-32)33(47-10)52-29-22(41)18-14(37)6-13(48-31-26(45)23(42)20(39)16(8-34)50-31)7-15(18)49-28(29)11-2-4-12(36)5-3-11/h2-7,10,16-17,19-21,23-27,30-40,42-46H,8-9H2,1H3. The van der Waals surface area contributed by atoms with Crippen molar-refractivity contribution < 1.29 is 94.1 Å². The maximum absolute atomic E-state index is 14.2. The molecule has 3 aliphatic rings. The number of ether oxygens (including phenoxy) is 6. The molecule has 3 aromatic rings. The van der Waals surface area contributed by atoms with Gasteiger partial charge in [0.25, 0.3) is 0 Å². The monoisotopic (exact) mass is 756 g/mol. The van der Waals surface area contributed by atoms with Crippen molar-refractivity contribution in [1.29, 1.82) is 0 Å². The van der Waals surface area contributed by atoms with Gasteiger partial charge in [0, 0.05) is 17.7 Å². The van der Waals surface area contributed by atoms with Gasteiger partial charge in [0.15, 0.2) is 18.2 Å². The SMILES string of the molecule is CC1OC(Oc2c(-c3ccc(O)cc3)oc3cc(OC4OC(CO)C(O)C(O)C4O)cc(O)c3c2=O)C(OC2OC(CO)C(O)C(O)C2O)C(O)C1O. The van der Waals surface area contributed by atoms with E-state index in [0.717, 1.165) is 12.1 Å². The lowest BCUT2D eigenvalue weighted by atomic mass is 9.97. The maximum atomic E-state index is 14.2. The summed E-state index contributed by atoms with van der Waals surface area (Å²) in [5.74, 6) is -2.16. The average Bonchev–Trinajstić information content (AvgIpc) is 3.13. The van der Waals surface area contributed by atoms with Crippen LogP contribution in [0.3, 0.4) is 0 Å². The number of aliphatic hydroxyl groups is 10. The van der Waals surface area contributed by atoms with E-state index in [0.29, 0.717) is 0 Å². The molecule has 15 atom stereocenters. The van der Waals surface area contributed by atoms with Gasteiger partial charge in [-0.1, -0.05) is 0 Å². The Hall–Kier alpha value is -3.71. The number of aliphatic hydroxyl groups excluding tert-OH is 10. The molecule has 12 N–H and O–H groups in total. The largest absolute Gasteiger partial charge is 0.508 e. The van der Waals surface area contributed by atoms with E-state index in [-0.39, 0.29) is 28.4 Å². The van der Waals surface area contributed by atoms with Gasteiger partial charge < -0.3 is 94.1 Å². The number of benzene rings is 2. The van der Waals surface area contributed by atoms with Crippen LogP contribution < -0.4 is 14.9 Å². The third-order valence-corrected chi connectivity index (χ3v) is 9.29. The topological polar surface area (TPSA) is 328 Å². The fourth-order valence-corrected chi connectivity index (χ4v) is 6.23. The number of aromatic hydroxyl groups is 2. The van der Waals surface area contributed by atoms with E-state index < -0.39 is 128 Å². The lowest BCUT2D eigenvalue weighted by Crippen LogP contribution is -2.64. The van der Waals surface area contributed by atoms with Crippen LogP contribution in [0.25, 0.3) is 22.3 Å². The van der Waals surface area contributed by atoms with Crippen LogP contribution >= 0.6 is 0 Å². The van der Waals surface area contributed by atoms with Crippen molar-refractivity contribution >= 4 is 11.0 Å². The van der Waals surface area contributed by atoms with Crippen molar-refractivity contribution in [2.45, 2.75) is 99.0 Å². The summed E-state index contributed by atoms with van der Waals surface area (Å²) >= 11 is 0. The van der Waals surface area contributed by atoms with Crippen molar-refractivity contribution in [3.63, 3.8) is 0 Å². The summed E-state index contributed by atoms with van der Waals surface area (Å²) in [6, 6.07) is 7.25. The van der Waals surface area contributed by atoms with E-state index in [1.807, 2.05) is 0 Å². The Bertz CT molecular complexity index is 1780. The van der Waals surface area contributed by atoms with Gasteiger partial charge in [-0.05, 0) is 31.2 Å². The summed E-state index contributed by atoms with van der Waals surface area (Å²) in [5.41, 5.74) is -1.24. The van der Waals surface area contributed by atoms with Crippen LogP contribution in [-0.4, -0.2) is 167 Å². The Morgan fingerprint density at radius 1 is 0.660 bits per heavy atom. The van der Waals surface area contributed by atoms with E-state index in [2.05, 4.69) is 0 Å².